The first kappa shape index (κ1) is 26.0. The van der Waals surface area contributed by atoms with E-state index in [1.165, 1.54) is 5.01 Å². The SMILES string of the molecule is CCOc1cc(C=O)ccc1OCC(=O)N1N=C(c2ccc(Cl)cc2)CC1c1ccc(OC)c(OC)c1. The highest BCUT2D eigenvalue weighted by Gasteiger charge is 2.34. The molecule has 0 radical (unpaired) electrons. The van der Waals surface area contributed by atoms with Gasteiger partial charge >= 0.3 is 0 Å². The highest BCUT2D eigenvalue weighted by molar-refractivity contribution is 6.30. The number of benzene rings is 3. The Labute approximate surface area is 220 Å². The second-order valence-electron chi connectivity index (χ2n) is 8.17. The standard InChI is InChI=1S/C28H27ClN2O6/c1-4-36-27-13-18(16-32)5-11-25(27)37-17-28(33)31-23(20-8-12-24(34-2)26(14-20)35-3)15-22(30-31)19-6-9-21(29)10-7-19/h5-14,16,23H,4,15,17H2,1-3H3. The fraction of sp³-hybridized carbons (Fsp3) is 0.250. The first-order valence-corrected chi connectivity index (χ1v) is 12.1. The van der Waals surface area contributed by atoms with Crippen LogP contribution in [-0.2, 0) is 4.79 Å². The van der Waals surface area contributed by atoms with Crippen molar-refractivity contribution in [3.63, 3.8) is 0 Å². The van der Waals surface area contributed by atoms with Gasteiger partial charge in [-0.2, -0.15) is 5.10 Å². The van der Waals surface area contributed by atoms with Gasteiger partial charge in [-0.3, -0.25) is 9.59 Å². The molecule has 1 amide bonds. The second kappa shape index (κ2) is 11.8. The molecule has 0 saturated carbocycles. The summed E-state index contributed by atoms with van der Waals surface area (Å²) in [5, 5.41) is 6.72. The number of halogens is 1. The number of hydrogen-bond acceptors (Lipinski definition) is 7. The third-order valence-electron chi connectivity index (χ3n) is 5.89. The molecular weight excluding hydrogens is 496 g/mol. The number of ether oxygens (including phenoxy) is 4. The summed E-state index contributed by atoms with van der Waals surface area (Å²) in [6.45, 7) is 1.93. The molecule has 9 heteroatoms. The Hall–Kier alpha value is -4.04. The minimum absolute atomic E-state index is 0.276. The highest BCUT2D eigenvalue weighted by atomic mass is 35.5. The Morgan fingerprint density at radius 1 is 0.973 bits per heavy atom. The van der Waals surface area contributed by atoms with Crippen molar-refractivity contribution in [1.82, 2.24) is 5.01 Å². The number of amides is 1. The van der Waals surface area contributed by atoms with Crippen molar-refractivity contribution in [1.29, 1.82) is 0 Å². The van der Waals surface area contributed by atoms with Gasteiger partial charge in [-0.25, -0.2) is 5.01 Å². The fourth-order valence-corrected chi connectivity index (χ4v) is 4.19. The zero-order chi connectivity index (χ0) is 26.4. The average molecular weight is 523 g/mol. The number of rotatable bonds is 10. The molecule has 1 heterocycles. The summed E-state index contributed by atoms with van der Waals surface area (Å²) >= 11 is 6.06. The molecule has 0 aromatic heterocycles. The fourth-order valence-electron chi connectivity index (χ4n) is 4.07. The van der Waals surface area contributed by atoms with Gasteiger partial charge in [0, 0.05) is 17.0 Å². The van der Waals surface area contributed by atoms with Crippen LogP contribution in [0.3, 0.4) is 0 Å². The van der Waals surface area contributed by atoms with Crippen molar-refractivity contribution in [2.75, 3.05) is 27.4 Å². The highest BCUT2D eigenvalue weighted by Crippen LogP contribution is 2.38. The third kappa shape index (κ3) is 5.86. The van der Waals surface area contributed by atoms with Crippen LogP contribution >= 0.6 is 11.6 Å². The van der Waals surface area contributed by atoms with Crippen LogP contribution in [0.4, 0.5) is 0 Å². The topological polar surface area (TPSA) is 86.7 Å². The summed E-state index contributed by atoms with van der Waals surface area (Å²) in [4.78, 5) is 24.6. The maximum atomic E-state index is 13.4. The molecule has 1 atom stereocenters. The largest absolute Gasteiger partial charge is 0.493 e. The number of methoxy groups -OCH3 is 2. The molecule has 192 valence electrons. The molecule has 0 bridgehead atoms. The van der Waals surface area contributed by atoms with Gasteiger partial charge in [0.05, 0.1) is 32.6 Å². The Bertz CT molecular complexity index is 1310. The van der Waals surface area contributed by atoms with E-state index < -0.39 is 0 Å². The summed E-state index contributed by atoms with van der Waals surface area (Å²) in [6, 6.07) is 17.3. The molecule has 0 fully saturated rings. The zero-order valence-electron chi connectivity index (χ0n) is 20.8. The van der Waals surface area contributed by atoms with Gasteiger partial charge in [-0.05, 0) is 60.5 Å². The minimum Gasteiger partial charge on any atom is -0.493 e. The van der Waals surface area contributed by atoms with Gasteiger partial charge in [0.2, 0.25) is 0 Å². The molecule has 37 heavy (non-hydrogen) atoms. The maximum Gasteiger partial charge on any atom is 0.281 e. The molecule has 1 aliphatic rings. The van der Waals surface area contributed by atoms with Gasteiger partial charge in [0.25, 0.3) is 5.91 Å². The van der Waals surface area contributed by atoms with Gasteiger partial charge < -0.3 is 18.9 Å². The van der Waals surface area contributed by atoms with Crippen LogP contribution in [0.25, 0.3) is 0 Å². The number of hydrazone groups is 1. The van der Waals surface area contributed by atoms with E-state index in [-0.39, 0.29) is 18.6 Å². The summed E-state index contributed by atoms with van der Waals surface area (Å²) in [6.07, 6.45) is 1.21. The lowest BCUT2D eigenvalue weighted by atomic mass is 9.98. The van der Waals surface area contributed by atoms with Gasteiger partial charge in [-0.1, -0.05) is 29.8 Å². The lowest BCUT2D eigenvalue weighted by molar-refractivity contribution is -0.135. The van der Waals surface area contributed by atoms with Gasteiger partial charge in [-0.15, -0.1) is 0 Å². The van der Waals surface area contributed by atoms with Crippen LogP contribution < -0.4 is 18.9 Å². The van der Waals surface area contributed by atoms with E-state index in [0.717, 1.165) is 23.1 Å². The van der Waals surface area contributed by atoms with E-state index in [1.54, 1.807) is 50.6 Å². The van der Waals surface area contributed by atoms with Crippen molar-refractivity contribution in [3.8, 4) is 23.0 Å². The first-order valence-electron chi connectivity index (χ1n) is 11.7. The first-order chi connectivity index (χ1) is 18.0. The Morgan fingerprint density at radius 2 is 1.70 bits per heavy atom. The number of carbonyl (C=O) groups excluding carboxylic acids is 2. The summed E-state index contributed by atoms with van der Waals surface area (Å²) in [5.74, 6) is 1.56. The van der Waals surface area contributed by atoms with E-state index in [2.05, 4.69) is 5.10 Å². The minimum atomic E-state index is -0.384. The summed E-state index contributed by atoms with van der Waals surface area (Å²) in [5.41, 5.74) is 2.90. The van der Waals surface area contributed by atoms with Crippen molar-refractivity contribution in [2.45, 2.75) is 19.4 Å². The van der Waals surface area contributed by atoms with Gasteiger partial charge in [0.15, 0.2) is 29.6 Å². The van der Waals surface area contributed by atoms with Crippen molar-refractivity contribution < 1.29 is 28.5 Å². The lowest BCUT2D eigenvalue weighted by Crippen LogP contribution is -2.31. The third-order valence-corrected chi connectivity index (χ3v) is 6.14. The molecule has 4 rings (SSSR count). The average Bonchev–Trinajstić information content (AvgIpc) is 3.38. The van der Waals surface area contributed by atoms with Crippen molar-refractivity contribution >= 4 is 29.5 Å². The Balaban J connectivity index is 1.62. The van der Waals surface area contributed by atoms with E-state index in [1.807, 2.05) is 31.2 Å². The second-order valence-corrected chi connectivity index (χ2v) is 8.61. The van der Waals surface area contributed by atoms with E-state index in [9.17, 15) is 9.59 Å². The number of hydrogen-bond donors (Lipinski definition) is 0. The normalized spacial score (nSPS) is 14.6. The summed E-state index contributed by atoms with van der Waals surface area (Å²) < 4.78 is 22.2. The van der Waals surface area contributed by atoms with Crippen LogP contribution in [0.5, 0.6) is 23.0 Å². The number of carbonyl (C=O) groups is 2. The predicted molar refractivity (Wildman–Crippen MR) is 140 cm³/mol. The maximum absolute atomic E-state index is 13.4. The molecule has 1 unspecified atom stereocenters. The van der Waals surface area contributed by atoms with Crippen LogP contribution in [0.2, 0.25) is 5.02 Å². The molecule has 8 nitrogen and oxygen atoms in total. The predicted octanol–water partition coefficient (Wildman–Crippen LogP) is 5.33. The number of nitrogens with zero attached hydrogens (tertiary/aromatic N) is 2. The van der Waals surface area contributed by atoms with Crippen LogP contribution in [-0.4, -0.2) is 50.3 Å². The quantitative estimate of drug-likeness (QED) is 0.335. The van der Waals surface area contributed by atoms with Crippen LogP contribution in [0.15, 0.2) is 65.8 Å². The molecule has 1 aliphatic heterocycles. The molecule has 0 saturated heterocycles. The smallest absolute Gasteiger partial charge is 0.281 e. The molecule has 3 aromatic carbocycles. The van der Waals surface area contributed by atoms with Gasteiger partial charge in [0.1, 0.15) is 6.29 Å². The monoisotopic (exact) mass is 522 g/mol. The molecule has 3 aromatic rings. The zero-order valence-corrected chi connectivity index (χ0v) is 21.5. The Kier molecular flexibility index (Phi) is 8.30. The van der Waals surface area contributed by atoms with E-state index in [0.29, 0.717) is 46.6 Å². The van der Waals surface area contributed by atoms with E-state index >= 15 is 0 Å². The lowest BCUT2D eigenvalue weighted by Gasteiger charge is -2.23. The molecular formula is C28H27ClN2O6. The summed E-state index contributed by atoms with van der Waals surface area (Å²) in [7, 11) is 3.13. The molecule has 0 N–H and O–H groups in total. The number of aldehydes is 1. The Morgan fingerprint density at radius 3 is 2.38 bits per heavy atom. The van der Waals surface area contributed by atoms with Crippen LogP contribution in [0.1, 0.15) is 40.9 Å². The van der Waals surface area contributed by atoms with Crippen LogP contribution in [0, 0.1) is 0 Å². The molecule has 0 aliphatic carbocycles. The van der Waals surface area contributed by atoms with Crippen molar-refractivity contribution in [2.24, 2.45) is 5.10 Å². The van der Waals surface area contributed by atoms with E-state index in [4.69, 9.17) is 30.5 Å². The molecule has 0 spiro atoms. The van der Waals surface area contributed by atoms with Crippen molar-refractivity contribution in [3.05, 3.63) is 82.4 Å².